The van der Waals surface area contributed by atoms with E-state index >= 15 is 0 Å². The van der Waals surface area contributed by atoms with E-state index in [2.05, 4.69) is 0 Å². The normalized spacial score (nSPS) is 15.2. The number of carboxylic acids is 1. The van der Waals surface area contributed by atoms with Gasteiger partial charge in [0.05, 0.1) is 5.60 Å². The zero-order chi connectivity index (χ0) is 14.1. The Balaban J connectivity index is 0. The first kappa shape index (κ1) is 18.5. The molecule has 7 heteroatoms. The van der Waals surface area contributed by atoms with Crippen LogP contribution in [-0.4, -0.2) is 41.2 Å². The van der Waals surface area contributed by atoms with Gasteiger partial charge in [-0.2, -0.15) is 13.2 Å². The van der Waals surface area contributed by atoms with Gasteiger partial charge < -0.3 is 14.9 Å². The van der Waals surface area contributed by atoms with Gasteiger partial charge in [-0.3, -0.25) is 0 Å². The molecule has 1 fully saturated rings. The average Bonchev–Trinajstić information content (AvgIpc) is 2.54. The highest BCUT2D eigenvalue weighted by Gasteiger charge is 2.38. The van der Waals surface area contributed by atoms with Crippen LogP contribution in [0.5, 0.6) is 0 Å². The molecule has 104 valence electrons. The van der Waals surface area contributed by atoms with Gasteiger partial charge in [-0.15, -0.1) is 0 Å². The second-order valence-electron chi connectivity index (χ2n) is 4.29. The Kier molecular flexibility index (Phi) is 9.05. The Hall–Kier alpha value is -0.820. The lowest BCUT2D eigenvalue weighted by molar-refractivity contribution is -0.192. The van der Waals surface area contributed by atoms with E-state index in [9.17, 15) is 13.2 Å². The van der Waals surface area contributed by atoms with Crippen molar-refractivity contribution in [3.8, 4) is 0 Å². The summed E-state index contributed by atoms with van der Waals surface area (Å²) in [7, 11) is 0. The zero-order valence-electron chi connectivity index (χ0n) is 10.2. The molecule has 0 bridgehead atoms. The maximum atomic E-state index is 10.6. The van der Waals surface area contributed by atoms with Crippen molar-refractivity contribution in [2.75, 3.05) is 13.2 Å². The molecule has 1 aliphatic rings. The number of ether oxygens (including phenoxy) is 1. The van der Waals surface area contributed by atoms with Gasteiger partial charge in [-0.25, -0.2) is 4.79 Å². The van der Waals surface area contributed by atoms with E-state index in [1.54, 1.807) is 20.8 Å². The van der Waals surface area contributed by atoms with Crippen LogP contribution in [0.2, 0.25) is 0 Å². The third kappa shape index (κ3) is 25.4. The average molecular weight is 260 g/mol. The van der Waals surface area contributed by atoms with Crippen molar-refractivity contribution in [2.24, 2.45) is 0 Å². The van der Waals surface area contributed by atoms with Crippen LogP contribution < -0.4 is 0 Å². The molecular formula is C10H19F3O4. The number of alkyl halides is 3. The molecule has 0 amide bonds. The minimum Gasteiger partial charge on any atom is -0.475 e. The highest BCUT2D eigenvalue weighted by molar-refractivity contribution is 5.73. The first-order valence-corrected chi connectivity index (χ1v) is 5.05. The van der Waals surface area contributed by atoms with Crippen LogP contribution >= 0.6 is 0 Å². The van der Waals surface area contributed by atoms with Gasteiger partial charge in [0, 0.05) is 13.2 Å². The van der Waals surface area contributed by atoms with Gasteiger partial charge in [-0.1, -0.05) is 0 Å². The first-order chi connectivity index (χ1) is 7.44. The second kappa shape index (κ2) is 8.30. The SMILES string of the molecule is C1CCOC1.CC(C)(C)O.O=C(O)C(F)(F)F. The molecule has 1 rings (SSSR count). The molecule has 2 N–H and O–H groups in total. The molecule has 1 heterocycles. The van der Waals surface area contributed by atoms with Crippen molar-refractivity contribution in [2.45, 2.75) is 45.4 Å². The largest absolute Gasteiger partial charge is 0.490 e. The molecule has 0 aromatic heterocycles. The summed E-state index contributed by atoms with van der Waals surface area (Å²) in [5.41, 5.74) is -0.500. The van der Waals surface area contributed by atoms with Gasteiger partial charge >= 0.3 is 12.1 Å². The Bertz CT molecular complexity index is 191. The molecule has 0 aromatic rings. The highest BCUT2D eigenvalue weighted by Crippen LogP contribution is 2.13. The number of halogens is 3. The number of aliphatic carboxylic acids is 1. The lowest BCUT2D eigenvalue weighted by Crippen LogP contribution is -2.21. The third-order valence-corrected chi connectivity index (χ3v) is 1.07. The maximum absolute atomic E-state index is 10.6. The van der Waals surface area contributed by atoms with Crippen LogP contribution in [0.4, 0.5) is 13.2 Å². The molecule has 1 aliphatic heterocycles. The zero-order valence-corrected chi connectivity index (χ0v) is 10.2. The smallest absolute Gasteiger partial charge is 0.475 e. The quantitative estimate of drug-likeness (QED) is 0.700. The Labute approximate surface area is 98.4 Å². The maximum Gasteiger partial charge on any atom is 0.490 e. The van der Waals surface area contributed by atoms with E-state index in [-0.39, 0.29) is 0 Å². The van der Waals surface area contributed by atoms with Crippen LogP contribution in [0.3, 0.4) is 0 Å². The summed E-state index contributed by atoms with van der Waals surface area (Å²) in [5.74, 6) is -2.76. The minimum absolute atomic E-state index is 0.500. The molecule has 0 aromatic carbocycles. The fraction of sp³-hybridized carbons (Fsp3) is 0.900. The van der Waals surface area contributed by atoms with E-state index < -0.39 is 17.7 Å². The lowest BCUT2D eigenvalue weighted by atomic mass is 10.2. The monoisotopic (exact) mass is 260 g/mol. The van der Waals surface area contributed by atoms with Gasteiger partial charge in [-0.05, 0) is 33.6 Å². The van der Waals surface area contributed by atoms with E-state index in [0.717, 1.165) is 13.2 Å². The van der Waals surface area contributed by atoms with Crippen LogP contribution in [0.25, 0.3) is 0 Å². The number of hydrogen-bond donors (Lipinski definition) is 2. The molecule has 0 atom stereocenters. The fourth-order valence-corrected chi connectivity index (χ4v) is 0.510. The Morgan fingerprint density at radius 1 is 1.12 bits per heavy atom. The topological polar surface area (TPSA) is 66.8 Å². The van der Waals surface area contributed by atoms with Gasteiger partial charge in [0.2, 0.25) is 0 Å². The number of aliphatic hydroxyl groups is 1. The van der Waals surface area contributed by atoms with Crippen LogP contribution in [0.15, 0.2) is 0 Å². The molecule has 0 aliphatic carbocycles. The van der Waals surface area contributed by atoms with E-state index in [1.165, 1.54) is 12.8 Å². The van der Waals surface area contributed by atoms with Crippen LogP contribution in [0, 0.1) is 0 Å². The van der Waals surface area contributed by atoms with Crippen LogP contribution in [0.1, 0.15) is 33.6 Å². The molecular weight excluding hydrogens is 241 g/mol. The summed E-state index contributed by atoms with van der Waals surface area (Å²) in [5, 5.41) is 15.6. The van der Waals surface area contributed by atoms with Crippen molar-refractivity contribution in [3.05, 3.63) is 0 Å². The fourth-order valence-electron chi connectivity index (χ4n) is 0.510. The molecule has 1 saturated heterocycles. The number of rotatable bonds is 0. The Morgan fingerprint density at radius 2 is 1.35 bits per heavy atom. The van der Waals surface area contributed by atoms with E-state index in [1.807, 2.05) is 0 Å². The predicted octanol–water partition coefficient (Wildman–Crippen LogP) is 2.21. The molecule has 17 heavy (non-hydrogen) atoms. The predicted molar refractivity (Wildman–Crippen MR) is 55.7 cm³/mol. The Morgan fingerprint density at radius 3 is 1.41 bits per heavy atom. The summed E-state index contributed by atoms with van der Waals surface area (Å²) in [6.45, 7) is 7.23. The molecule has 0 saturated carbocycles. The van der Waals surface area contributed by atoms with Crippen molar-refractivity contribution >= 4 is 5.97 Å². The number of carbonyl (C=O) groups is 1. The van der Waals surface area contributed by atoms with Crippen molar-refractivity contribution < 1.29 is 32.9 Å². The van der Waals surface area contributed by atoms with Crippen LogP contribution in [-0.2, 0) is 9.53 Å². The van der Waals surface area contributed by atoms with Gasteiger partial charge in [0.1, 0.15) is 0 Å². The summed E-state index contributed by atoms with van der Waals surface area (Å²) in [4.78, 5) is 8.90. The van der Waals surface area contributed by atoms with Crippen molar-refractivity contribution in [3.63, 3.8) is 0 Å². The van der Waals surface area contributed by atoms with Crippen molar-refractivity contribution in [1.29, 1.82) is 0 Å². The highest BCUT2D eigenvalue weighted by atomic mass is 19.4. The van der Waals surface area contributed by atoms with E-state index in [0.29, 0.717) is 0 Å². The summed E-state index contributed by atoms with van der Waals surface area (Å²) in [6.07, 6.45) is -2.53. The summed E-state index contributed by atoms with van der Waals surface area (Å²) >= 11 is 0. The second-order valence-corrected chi connectivity index (χ2v) is 4.29. The molecule has 0 unspecified atom stereocenters. The van der Waals surface area contributed by atoms with Gasteiger partial charge in [0.25, 0.3) is 0 Å². The number of hydrogen-bond acceptors (Lipinski definition) is 3. The summed E-state index contributed by atoms with van der Waals surface area (Å²) < 4.78 is 36.7. The van der Waals surface area contributed by atoms with E-state index in [4.69, 9.17) is 19.7 Å². The van der Waals surface area contributed by atoms with Crippen molar-refractivity contribution in [1.82, 2.24) is 0 Å². The third-order valence-electron chi connectivity index (χ3n) is 1.07. The molecule has 0 spiro atoms. The summed E-state index contributed by atoms with van der Waals surface area (Å²) in [6, 6.07) is 0. The number of carboxylic acid groups (broad SMARTS) is 1. The first-order valence-electron chi connectivity index (χ1n) is 5.05. The standard InChI is InChI=1S/C4H8O.C4H10O.C2HF3O2/c1-2-4-5-3-1;1-4(2,3)5;3-2(4,5)1(6)7/h1-4H2;5H,1-3H3;(H,6,7). The minimum atomic E-state index is -5.08. The molecule has 4 nitrogen and oxygen atoms in total. The lowest BCUT2D eigenvalue weighted by Gasteiger charge is -2.04. The molecule has 0 radical (unpaired) electrons. The van der Waals surface area contributed by atoms with Gasteiger partial charge in [0.15, 0.2) is 0 Å².